The van der Waals surface area contributed by atoms with E-state index in [4.69, 9.17) is 10.5 Å². The molecule has 0 aliphatic carbocycles. The average molecular weight is 249 g/mol. The van der Waals surface area contributed by atoms with Crippen molar-refractivity contribution in [1.82, 2.24) is 0 Å². The second kappa shape index (κ2) is 9.95. The molecule has 0 saturated heterocycles. The van der Waals surface area contributed by atoms with Gasteiger partial charge in [0, 0.05) is 0 Å². The average Bonchev–Trinajstić information content (AvgIpc) is 2.42. The van der Waals surface area contributed by atoms with Gasteiger partial charge in [-0.2, -0.15) is 0 Å². The van der Waals surface area contributed by atoms with E-state index in [0.29, 0.717) is 0 Å². The minimum atomic E-state index is 0.845. The molecule has 0 unspecified atom stereocenters. The Kier molecular flexibility index (Phi) is 8.32. The summed E-state index contributed by atoms with van der Waals surface area (Å²) in [6.07, 6.45) is 10.4. The zero-order valence-corrected chi connectivity index (χ0v) is 11.7. The Morgan fingerprint density at radius 2 is 1.39 bits per heavy atom. The predicted octanol–water partition coefficient (Wildman–Crippen LogP) is 3.93. The van der Waals surface area contributed by atoms with Crippen molar-refractivity contribution in [3.8, 4) is 5.75 Å². The van der Waals surface area contributed by atoms with Crippen LogP contribution >= 0.6 is 0 Å². The highest BCUT2D eigenvalue weighted by molar-refractivity contribution is 5.27. The predicted molar refractivity (Wildman–Crippen MR) is 78.1 cm³/mol. The lowest BCUT2D eigenvalue weighted by molar-refractivity contribution is 0.414. The molecule has 18 heavy (non-hydrogen) atoms. The molecule has 0 saturated carbocycles. The van der Waals surface area contributed by atoms with Crippen molar-refractivity contribution in [3.63, 3.8) is 0 Å². The maximum atomic E-state index is 5.47. The highest BCUT2D eigenvalue weighted by Crippen LogP contribution is 2.14. The molecule has 0 atom stereocenters. The summed E-state index contributed by atoms with van der Waals surface area (Å²) in [4.78, 5) is 0. The number of aryl methyl sites for hydroxylation is 1. The first-order valence-corrected chi connectivity index (χ1v) is 7.20. The van der Waals surface area contributed by atoms with Crippen LogP contribution in [0.1, 0.15) is 50.5 Å². The Morgan fingerprint density at radius 1 is 0.833 bits per heavy atom. The van der Waals surface area contributed by atoms with Crippen LogP contribution in [0, 0.1) is 0 Å². The van der Waals surface area contributed by atoms with Crippen molar-refractivity contribution in [1.29, 1.82) is 0 Å². The van der Waals surface area contributed by atoms with E-state index in [1.165, 1.54) is 56.9 Å². The maximum Gasteiger partial charge on any atom is 0.118 e. The fourth-order valence-electron chi connectivity index (χ4n) is 2.15. The molecule has 0 spiro atoms. The fourth-order valence-corrected chi connectivity index (χ4v) is 2.15. The molecule has 1 aromatic rings. The molecule has 102 valence electrons. The summed E-state index contributed by atoms with van der Waals surface area (Å²) in [7, 11) is 1.71. The second-order valence-corrected chi connectivity index (χ2v) is 4.86. The molecule has 0 bridgehead atoms. The van der Waals surface area contributed by atoms with Crippen LogP contribution < -0.4 is 10.5 Å². The van der Waals surface area contributed by atoms with Gasteiger partial charge in [0.1, 0.15) is 5.75 Å². The first kappa shape index (κ1) is 15.0. The largest absolute Gasteiger partial charge is 0.497 e. The van der Waals surface area contributed by atoms with Crippen molar-refractivity contribution in [3.05, 3.63) is 29.8 Å². The van der Waals surface area contributed by atoms with Crippen LogP contribution in [0.3, 0.4) is 0 Å². The molecule has 0 heterocycles. The Morgan fingerprint density at radius 3 is 1.94 bits per heavy atom. The number of hydrogen-bond acceptors (Lipinski definition) is 2. The molecule has 0 aromatic heterocycles. The van der Waals surface area contributed by atoms with Gasteiger partial charge >= 0.3 is 0 Å². The molecule has 0 aliphatic rings. The molecule has 0 fully saturated rings. The van der Waals surface area contributed by atoms with Gasteiger partial charge in [-0.15, -0.1) is 0 Å². The smallest absolute Gasteiger partial charge is 0.118 e. The third-order valence-electron chi connectivity index (χ3n) is 3.33. The van der Waals surface area contributed by atoms with E-state index in [-0.39, 0.29) is 0 Å². The lowest BCUT2D eigenvalue weighted by atomic mass is 10.0. The van der Waals surface area contributed by atoms with Gasteiger partial charge in [0.05, 0.1) is 7.11 Å². The molecule has 2 heteroatoms. The summed E-state index contributed by atoms with van der Waals surface area (Å²) in [6, 6.07) is 8.42. The van der Waals surface area contributed by atoms with E-state index >= 15 is 0 Å². The number of ether oxygens (including phenoxy) is 1. The number of rotatable bonds is 10. The normalized spacial score (nSPS) is 10.6. The second-order valence-electron chi connectivity index (χ2n) is 4.86. The third-order valence-corrected chi connectivity index (χ3v) is 3.33. The van der Waals surface area contributed by atoms with Crippen LogP contribution in [-0.2, 0) is 6.42 Å². The Balaban J connectivity index is 2.00. The Hall–Kier alpha value is -1.02. The van der Waals surface area contributed by atoms with Crippen molar-refractivity contribution < 1.29 is 4.74 Å². The lowest BCUT2D eigenvalue weighted by Gasteiger charge is -2.04. The van der Waals surface area contributed by atoms with Gasteiger partial charge in [0.25, 0.3) is 0 Å². The van der Waals surface area contributed by atoms with Crippen molar-refractivity contribution in [2.24, 2.45) is 5.73 Å². The van der Waals surface area contributed by atoms with E-state index in [9.17, 15) is 0 Å². The van der Waals surface area contributed by atoms with Crippen molar-refractivity contribution >= 4 is 0 Å². The standard InChI is InChI=1S/C16H27NO/c1-18-16-12-10-15(11-13-16)9-7-5-3-2-4-6-8-14-17/h10-13H,2-9,14,17H2,1H3. The fraction of sp³-hybridized carbons (Fsp3) is 0.625. The number of benzene rings is 1. The quantitative estimate of drug-likeness (QED) is 0.638. The Bertz CT molecular complexity index is 294. The van der Waals surface area contributed by atoms with E-state index in [2.05, 4.69) is 12.1 Å². The molecule has 0 radical (unpaired) electrons. The van der Waals surface area contributed by atoms with Crippen LogP contribution in [0.2, 0.25) is 0 Å². The molecular weight excluding hydrogens is 222 g/mol. The van der Waals surface area contributed by atoms with Crippen LogP contribution in [-0.4, -0.2) is 13.7 Å². The summed E-state index contributed by atoms with van der Waals surface area (Å²) in [5.41, 5.74) is 6.88. The topological polar surface area (TPSA) is 35.2 Å². The lowest BCUT2D eigenvalue weighted by Crippen LogP contribution is -1.97. The van der Waals surface area contributed by atoms with Gasteiger partial charge in [-0.25, -0.2) is 0 Å². The van der Waals surface area contributed by atoms with Gasteiger partial charge in [0.2, 0.25) is 0 Å². The van der Waals surface area contributed by atoms with Gasteiger partial charge in [-0.05, 0) is 43.5 Å². The van der Waals surface area contributed by atoms with Crippen molar-refractivity contribution in [2.75, 3.05) is 13.7 Å². The zero-order valence-electron chi connectivity index (χ0n) is 11.7. The van der Waals surface area contributed by atoms with Crippen LogP contribution in [0.25, 0.3) is 0 Å². The molecule has 2 nitrogen and oxygen atoms in total. The molecule has 0 aliphatic heterocycles. The number of methoxy groups -OCH3 is 1. The first-order chi connectivity index (χ1) is 8.86. The van der Waals surface area contributed by atoms with E-state index < -0.39 is 0 Å². The molecule has 1 aromatic carbocycles. The Labute approximate surface area is 112 Å². The summed E-state index contributed by atoms with van der Waals surface area (Å²) in [6.45, 7) is 0.845. The molecule has 2 N–H and O–H groups in total. The summed E-state index contributed by atoms with van der Waals surface area (Å²) in [5.74, 6) is 0.943. The van der Waals surface area contributed by atoms with Gasteiger partial charge in [0.15, 0.2) is 0 Å². The molecule has 0 amide bonds. The SMILES string of the molecule is COc1ccc(CCCCCCCCCN)cc1. The summed E-state index contributed by atoms with van der Waals surface area (Å²) in [5, 5.41) is 0. The van der Waals surface area contributed by atoms with E-state index in [1.807, 2.05) is 12.1 Å². The summed E-state index contributed by atoms with van der Waals surface area (Å²) >= 11 is 0. The number of unbranched alkanes of at least 4 members (excludes halogenated alkanes) is 6. The van der Waals surface area contributed by atoms with Crippen molar-refractivity contribution in [2.45, 2.75) is 51.4 Å². The van der Waals surface area contributed by atoms with Crippen LogP contribution in [0.15, 0.2) is 24.3 Å². The number of nitrogens with two attached hydrogens (primary N) is 1. The highest BCUT2D eigenvalue weighted by atomic mass is 16.5. The summed E-state index contributed by atoms with van der Waals surface area (Å²) < 4.78 is 5.15. The molecular formula is C16H27NO. The molecule has 1 rings (SSSR count). The minimum absolute atomic E-state index is 0.845. The third kappa shape index (κ3) is 6.65. The zero-order chi connectivity index (χ0) is 13.1. The van der Waals surface area contributed by atoms with E-state index in [0.717, 1.165) is 12.3 Å². The number of hydrogen-bond donors (Lipinski definition) is 1. The monoisotopic (exact) mass is 249 g/mol. The van der Waals surface area contributed by atoms with Gasteiger partial charge in [-0.1, -0.05) is 44.2 Å². The van der Waals surface area contributed by atoms with Gasteiger partial charge in [-0.3, -0.25) is 0 Å². The van der Waals surface area contributed by atoms with Gasteiger partial charge < -0.3 is 10.5 Å². The first-order valence-electron chi connectivity index (χ1n) is 7.20. The minimum Gasteiger partial charge on any atom is -0.497 e. The van der Waals surface area contributed by atoms with E-state index in [1.54, 1.807) is 7.11 Å². The maximum absolute atomic E-state index is 5.47. The highest BCUT2D eigenvalue weighted by Gasteiger charge is 1.95. The van der Waals surface area contributed by atoms with Crippen LogP contribution in [0.4, 0.5) is 0 Å². The van der Waals surface area contributed by atoms with Crippen LogP contribution in [0.5, 0.6) is 5.75 Å².